The number of nitrogens with zero attached hydrogens (tertiary/aromatic N) is 3. The van der Waals surface area contributed by atoms with Crippen molar-refractivity contribution in [3.05, 3.63) is 12.0 Å². The maximum Gasteiger partial charge on any atom is 0.333 e. The van der Waals surface area contributed by atoms with Gasteiger partial charge in [0.15, 0.2) is 11.3 Å². The Kier molecular flexibility index (Phi) is 3.91. The van der Waals surface area contributed by atoms with Crippen molar-refractivity contribution < 1.29 is 27.9 Å². The van der Waals surface area contributed by atoms with E-state index in [0.717, 1.165) is 0 Å². The number of nitrogens with one attached hydrogen (secondary N) is 2. The summed E-state index contributed by atoms with van der Waals surface area (Å²) in [5.74, 6) is 0.134. The van der Waals surface area contributed by atoms with Gasteiger partial charge in [-0.15, -0.1) is 0 Å². The second-order valence-electron chi connectivity index (χ2n) is 4.99. The van der Waals surface area contributed by atoms with E-state index in [1.165, 1.54) is 6.33 Å². The lowest BCUT2D eigenvalue weighted by Gasteiger charge is -2.13. The van der Waals surface area contributed by atoms with Gasteiger partial charge in [-0.05, 0) is 0 Å². The lowest BCUT2D eigenvalue weighted by Crippen LogP contribution is -2.39. The molecule has 4 atom stereocenters. The van der Waals surface area contributed by atoms with Gasteiger partial charge in [0, 0.05) is 6.54 Å². The molecular weight excluding hydrogens is 332 g/mol. The molecule has 0 radical (unpaired) electrons. The van der Waals surface area contributed by atoms with Crippen LogP contribution < -0.4 is 10.5 Å². The van der Waals surface area contributed by atoms with Gasteiger partial charge in [0.05, 0.1) is 5.69 Å². The third-order valence-corrected chi connectivity index (χ3v) is 4.04. The number of aliphatic hydroxyl groups excluding tert-OH is 2. The summed E-state index contributed by atoms with van der Waals surface area (Å²) in [5.41, 5.74) is 6.54. The van der Waals surface area contributed by atoms with Crippen LogP contribution in [0.25, 0.3) is 11.0 Å². The zero-order chi connectivity index (χ0) is 16.8. The van der Waals surface area contributed by atoms with Crippen molar-refractivity contribution >= 4 is 27.2 Å². The predicted octanol–water partition coefficient (Wildman–Crippen LogP) is -2.51. The molecule has 0 amide bonds. The number of H-pyrrole nitrogens is 1. The Morgan fingerprint density at radius 1 is 1.30 bits per heavy atom. The van der Waals surface area contributed by atoms with Crippen LogP contribution in [-0.2, 0) is 15.0 Å². The van der Waals surface area contributed by atoms with E-state index in [1.807, 2.05) is 0 Å². The van der Waals surface area contributed by atoms with Crippen molar-refractivity contribution in [2.75, 3.05) is 12.3 Å². The van der Waals surface area contributed by atoms with E-state index in [0.29, 0.717) is 5.52 Å². The molecule has 0 saturated carbocycles. The Labute approximate surface area is 129 Å². The zero-order valence-electron chi connectivity index (χ0n) is 11.5. The van der Waals surface area contributed by atoms with Crippen LogP contribution in [0.5, 0.6) is 0 Å². The first-order chi connectivity index (χ1) is 10.8. The standard InChI is InChI=1S/C10H14N6O6S/c11-10-6-4(12-2-13-10)5(15-16-6)9-8(18)7(17)3(22-9)1-14-23(19,20)21/h2-3,7-9,14,17-18H,1H2,(H,15,16)(H2,11,12,13)(H,19,20,21)/t3-,7-,8-,9?/m1/s1. The molecular formula is C10H14N6O6S. The summed E-state index contributed by atoms with van der Waals surface area (Å²) >= 11 is 0. The number of aromatic amines is 1. The van der Waals surface area contributed by atoms with E-state index in [-0.39, 0.29) is 17.0 Å². The number of aromatic nitrogens is 4. The monoisotopic (exact) mass is 346 g/mol. The van der Waals surface area contributed by atoms with Gasteiger partial charge in [-0.1, -0.05) is 0 Å². The molecule has 2 aromatic heterocycles. The highest BCUT2D eigenvalue weighted by molar-refractivity contribution is 7.83. The van der Waals surface area contributed by atoms with Gasteiger partial charge in [-0.2, -0.15) is 18.2 Å². The highest BCUT2D eigenvalue weighted by Gasteiger charge is 2.45. The van der Waals surface area contributed by atoms with Crippen LogP contribution in [0.2, 0.25) is 0 Å². The fraction of sp³-hybridized carbons (Fsp3) is 0.500. The summed E-state index contributed by atoms with van der Waals surface area (Å²) in [6.45, 7) is -0.420. The second-order valence-corrected chi connectivity index (χ2v) is 6.23. The zero-order valence-corrected chi connectivity index (χ0v) is 12.3. The number of hydrogen-bond donors (Lipinski definition) is 6. The normalized spacial score (nSPS) is 28.5. The highest BCUT2D eigenvalue weighted by atomic mass is 32.2. The van der Waals surface area contributed by atoms with Crippen LogP contribution >= 0.6 is 0 Å². The lowest BCUT2D eigenvalue weighted by atomic mass is 10.1. The maximum atomic E-state index is 10.7. The molecule has 0 aliphatic carbocycles. The number of aliphatic hydroxyl groups is 2. The Balaban J connectivity index is 1.86. The summed E-state index contributed by atoms with van der Waals surface area (Å²) in [5, 5.41) is 26.6. The number of nitrogen functional groups attached to an aromatic ring is 1. The van der Waals surface area contributed by atoms with E-state index >= 15 is 0 Å². The Morgan fingerprint density at radius 2 is 2.04 bits per heavy atom. The largest absolute Gasteiger partial charge is 0.388 e. The van der Waals surface area contributed by atoms with Crippen LogP contribution in [-0.4, -0.2) is 68.2 Å². The molecule has 1 unspecified atom stereocenters. The lowest BCUT2D eigenvalue weighted by molar-refractivity contribution is 0.00818. The van der Waals surface area contributed by atoms with E-state index in [4.69, 9.17) is 15.0 Å². The first-order valence-corrected chi connectivity index (χ1v) is 7.90. The van der Waals surface area contributed by atoms with Crippen molar-refractivity contribution in [2.24, 2.45) is 0 Å². The number of rotatable bonds is 4. The molecule has 0 bridgehead atoms. The first kappa shape index (κ1) is 16.0. The number of anilines is 1. The highest BCUT2D eigenvalue weighted by Crippen LogP contribution is 2.35. The molecule has 1 aliphatic heterocycles. The average molecular weight is 346 g/mol. The van der Waals surface area contributed by atoms with Crippen molar-refractivity contribution in [3.63, 3.8) is 0 Å². The Bertz CT molecular complexity index is 824. The average Bonchev–Trinajstić information content (AvgIpc) is 3.01. The van der Waals surface area contributed by atoms with Gasteiger partial charge < -0.3 is 20.7 Å². The minimum Gasteiger partial charge on any atom is -0.388 e. The summed E-state index contributed by atoms with van der Waals surface area (Å²) in [6, 6.07) is 0. The number of fused-ring (bicyclic) bond motifs is 1. The maximum absolute atomic E-state index is 10.7. The third-order valence-electron chi connectivity index (χ3n) is 3.51. The molecule has 0 spiro atoms. The molecule has 7 N–H and O–H groups in total. The minimum absolute atomic E-state index is 0.134. The molecule has 3 rings (SSSR count). The molecule has 1 fully saturated rings. The molecule has 126 valence electrons. The first-order valence-electron chi connectivity index (χ1n) is 6.46. The van der Waals surface area contributed by atoms with E-state index in [2.05, 4.69) is 20.2 Å². The van der Waals surface area contributed by atoms with Gasteiger partial charge >= 0.3 is 10.3 Å². The predicted molar refractivity (Wildman–Crippen MR) is 75.3 cm³/mol. The smallest absolute Gasteiger partial charge is 0.333 e. The molecule has 23 heavy (non-hydrogen) atoms. The van der Waals surface area contributed by atoms with Crippen molar-refractivity contribution in [1.29, 1.82) is 0 Å². The van der Waals surface area contributed by atoms with E-state index < -0.39 is 41.3 Å². The van der Waals surface area contributed by atoms with Crippen LogP contribution in [0.15, 0.2) is 6.33 Å². The molecule has 0 aromatic carbocycles. The van der Waals surface area contributed by atoms with Crippen molar-refractivity contribution in [2.45, 2.75) is 24.4 Å². The Hall–Kier alpha value is -1.90. The SMILES string of the molecule is Nc1ncnc2c(C3O[C@H](CNS(=O)(=O)O)[C@@H](O)[C@H]3O)[nH]nc12. The Morgan fingerprint density at radius 3 is 2.74 bits per heavy atom. The van der Waals surface area contributed by atoms with E-state index in [1.54, 1.807) is 4.72 Å². The fourth-order valence-corrected chi connectivity index (χ4v) is 2.79. The molecule has 13 heteroatoms. The second kappa shape index (κ2) is 5.63. The van der Waals surface area contributed by atoms with Crippen molar-refractivity contribution in [3.8, 4) is 0 Å². The summed E-state index contributed by atoms with van der Waals surface area (Å²) < 4.78 is 37.3. The molecule has 1 saturated heterocycles. The van der Waals surface area contributed by atoms with Gasteiger partial charge in [0.25, 0.3) is 0 Å². The van der Waals surface area contributed by atoms with Crippen LogP contribution in [0.1, 0.15) is 11.8 Å². The molecule has 1 aliphatic rings. The fourth-order valence-electron chi connectivity index (χ4n) is 2.41. The quantitative estimate of drug-likeness (QED) is 0.321. The summed E-state index contributed by atoms with van der Waals surface area (Å²) in [4.78, 5) is 7.79. The topological polar surface area (TPSA) is 197 Å². The minimum atomic E-state index is -4.44. The number of nitrogens with two attached hydrogens (primary N) is 1. The number of ether oxygens (including phenoxy) is 1. The molecule has 12 nitrogen and oxygen atoms in total. The van der Waals surface area contributed by atoms with E-state index in [9.17, 15) is 18.6 Å². The van der Waals surface area contributed by atoms with Gasteiger partial charge in [-0.25, -0.2) is 9.97 Å². The van der Waals surface area contributed by atoms with Gasteiger partial charge in [0.1, 0.15) is 36.3 Å². The summed E-state index contributed by atoms with van der Waals surface area (Å²) in [7, 11) is -4.44. The molecule has 3 heterocycles. The third kappa shape index (κ3) is 2.97. The molecule has 2 aromatic rings. The van der Waals surface area contributed by atoms with Crippen LogP contribution in [0, 0.1) is 0 Å². The number of hydrogen-bond acceptors (Lipinski definition) is 9. The van der Waals surface area contributed by atoms with Crippen molar-refractivity contribution in [1.82, 2.24) is 24.9 Å². The van der Waals surface area contributed by atoms with Crippen LogP contribution in [0.4, 0.5) is 5.82 Å². The van der Waals surface area contributed by atoms with Gasteiger partial charge in [0.2, 0.25) is 0 Å². The van der Waals surface area contributed by atoms with Crippen LogP contribution in [0.3, 0.4) is 0 Å². The summed E-state index contributed by atoms with van der Waals surface area (Å²) in [6.07, 6.45) is -3.63. The van der Waals surface area contributed by atoms with Gasteiger partial charge in [-0.3, -0.25) is 9.65 Å².